The van der Waals surface area contributed by atoms with Crippen LogP contribution in [0.5, 0.6) is 0 Å². The number of carbonyl (C=O) groups is 2. The monoisotopic (exact) mass is 404 g/mol. The smallest absolute Gasteiger partial charge is 0.255 e. The summed E-state index contributed by atoms with van der Waals surface area (Å²) in [5, 5.41) is 3.31. The van der Waals surface area contributed by atoms with Crippen LogP contribution < -0.4 is 5.32 Å². The Bertz CT molecular complexity index is 921. The van der Waals surface area contributed by atoms with Gasteiger partial charge in [0.15, 0.2) is 0 Å². The van der Waals surface area contributed by atoms with Crippen molar-refractivity contribution in [1.82, 2.24) is 10.2 Å². The molecule has 0 spiro atoms. The first kappa shape index (κ1) is 20.6. The fourth-order valence-corrected chi connectivity index (χ4v) is 4.94. The number of hydrogen-bond acceptors (Lipinski definition) is 2. The minimum atomic E-state index is -0.538. The SMILES string of the molecule is Cc1ccc(CCN2C(=O)c3ccccc3[C@@H]2C(=O)N[C@@H]2CCC[C@H](C)[C@@H]2C)cc1. The molecular formula is C26H32N2O2. The van der Waals surface area contributed by atoms with Gasteiger partial charge in [-0.2, -0.15) is 0 Å². The van der Waals surface area contributed by atoms with Crippen molar-refractivity contribution in [2.45, 2.75) is 58.5 Å². The number of hydrogen-bond donors (Lipinski definition) is 1. The average molecular weight is 405 g/mol. The lowest BCUT2D eigenvalue weighted by atomic mass is 9.78. The van der Waals surface area contributed by atoms with Gasteiger partial charge >= 0.3 is 0 Å². The molecule has 1 fully saturated rings. The number of carbonyl (C=O) groups excluding carboxylic acids is 2. The van der Waals surface area contributed by atoms with Crippen LogP contribution in [0.3, 0.4) is 0 Å². The van der Waals surface area contributed by atoms with Gasteiger partial charge in [0.05, 0.1) is 0 Å². The predicted molar refractivity (Wildman–Crippen MR) is 119 cm³/mol. The zero-order valence-corrected chi connectivity index (χ0v) is 18.2. The standard InChI is InChI=1S/C26H32N2O2/c1-17-11-13-20(14-12-17)15-16-28-24(21-8-4-5-9-22(21)26(28)30)25(29)27-23-10-6-7-18(2)19(23)3/h4-5,8-9,11-14,18-19,23-24H,6-7,10,15-16H2,1-3H3,(H,27,29)/t18-,19-,23+,24+/m0/s1. The number of nitrogens with zero attached hydrogens (tertiary/aromatic N) is 1. The highest BCUT2D eigenvalue weighted by atomic mass is 16.2. The third-order valence-electron chi connectivity index (χ3n) is 7.10. The van der Waals surface area contributed by atoms with Crippen molar-refractivity contribution >= 4 is 11.8 Å². The van der Waals surface area contributed by atoms with Crippen LogP contribution in [0.15, 0.2) is 48.5 Å². The molecule has 1 heterocycles. The van der Waals surface area contributed by atoms with Gasteiger partial charge in [-0.1, -0.05) is 74.7 Å². The van der Waals surface area contributed by atoms with Gasteiger partial charge in [-0.3, -0.25) is 9.59 Å². The number of benzene rings is 2. The summed E-state index contributed by atoms with van der Waals surface area (Å²) in [4.78, 5) is 28.3. The summed E-state index contributed by atoms with van der Waals surface area (Å²) >= 11 is 0. The second kappa shape index (κ2) is 8.63. The van der Waals surface area contributed by atoms with Crippen molar-refractivity contribution in [2.75, 3.05) is 6.54 Å². The highest BCUT2D eigenvalue weighted by Gasteiger charge is 2.41. The summed E-state index contributed by atoms with van der Waals surface area (Å²) in [6, 6.07) is 15.6. The molecule has 2 aromatic rings. The van der Waals surface area contributed by atoms with Crippen LogP contribution in [0, 0.1) is 18.8 Å². The molecule has 1 N–H and O–H groups in total. The van der Waals surface area contributed by atoms with E-state index in [1.807, 2.05) is 24.3 Å². The molecule has 1 saturated carbocycles. The van der Waals surface area contributed by atoms with Crippen LogP contribution >= 0.6 is 0 Å². The largest absolute Gasteiger partial charge is 0.351 e. The van der Waals surface area contributed by atoms with Crippen molar-refractivity contribution in [3.05, 3.63) is 70.8 Å². The van der Waals surface area contributed by atoms with Crippen molar-refractivity contribution in [3.8, 4) is 0 Å². The van der Waals surface area contributed by atoms with E-state index in [0.717, 1.165) is 24.8 Å². The third kappa shape index (κ3) is 4.00. The summed E-state index contributed by atoms with van der Waals surface area (Å²) in [5.41, 5.74) is 3.89. The van der Waals surface area contributed by atoms with Crippen molar-refractivity contribution in [3.63, 3.8) is 0 Å². The van der Waals surface area contributed by atoms with Crippen LogP contribution in [0.1, 0.15) is 66.2 Å². The lowest BCUT2D eigenvalue weighted by Gasteiger charge is -2.36. The molecule has 0 aromatic heterocycles. The zero-order valence-electron chi connectivity index (χ0n) is 18.2. The molecule has 0 saturated heterocycles. The Morgan fingerprint density at radius 2 is 1.80 bits per heavy atom. The minimum absolute atomic E-state index is 0.0387. The Labute approximate surface area is 179 Å². The van der Waals surface area contributed by atoms with Gasteiger partial charge in [-0.15, -0.1) is 0 Å². The van der Waals surface area contributed by atoms with Crippen LogP contribution in [0.2, 0.25) is 0 Å². The molecule has 158 valence electrons. The normalized spacial score (nSPS) is 25.8. The summed E-state index contributed by atoms with van der Waals surface area (Å²) in [6.45, 7) is 7.10. The van der Waals surface area contributed by atoms with E-state index in [1.54, 1.807) is 4.90 Å². The molecule has 4 nitrogen and oxygen atoms in total. The van der Waals surface area contributed by atoms with E-state index >= 15 is 0 Å². The lowest BCUT2D eigenvalue weighted by molar-refractivity contribution is -0.127. The Kier molecular flexibility index (Phi) is 5.94. The van der Waals surface area contributed by atoms with E-state index in [-0.39, 0.29) is 17.9 Å². The molecule has 0 radical (unpaired) electrons. The fourth-order valence-electron chi connectivity index (χ4n) is 4.94. The maximum Gasteiger partial charge on any atom is 0.255 e. The molecule has 2 amide bonds. The first-order chi connectivity index (χ1) is 14.5. The average Bonchev–Trinajstić information content (AvgIpc) is 3.03. The van der Waals surface area contributed by atoms with Gasteiger partial charge in [0.25, 0.3) is 5.91 Å². The summed E-state index contributed by atoms with van der Waals surface area (Å²) < 4.78 is 0. The van der Waals surface area contributed by atoms with Gasteiger partial charge in [0.2, 0.25) is 5.91 Å². The van der Waals surface area contributed by atoms with Gasteiger partial charge in [0.1, 0.15) is 6.04 Å². The van der Waals surface area contributed by atoms with Crippen molar-refractivity contribution < 1.29 is 9.59 Å². The van der Waals surface area contributed by atoms with E-state index < -0.39 is 6.04 Å². The number of nitrogens with one attached hydrogen (secondary N) is 1. The molecule has 4 rings (SSSR count). The second-order valence-electron chi connectivity index (χ2n) is 9.11. The van der Waals surface area contributed by atoms with E-state index in [0.29, 0.717) is 23.9 Å². The first-order valence-corrected chi connectivity index (χ1v) is 11.2. The molecule has 1 aliphatic carbocycles. The van der Waals surface area contributed by atoms with E-state index in [1.165, 1.54) is 17.5 Å². The van der Waals surface area contributed by atoms with E-state index in [9.17, 15) is 9.59 Å². The van der Waals surface area contributed by atoms with Crippen LogP contribution in [-0.4, -0.2) is 29.3 Å². The first-order valence-electron chi connectivity index (χ1n) is 11.2. The lowest BCUT2D eigenvalue weighted by Crippen LogP contribution is -2.48. The number of aryl methyl sites for hydroxylation is 1. The molecule has 1 aliphatic heterocycles. The molecular weight excluding hydrogens is 372 g/mol. The minimum Gasteiger partial charge on any atom is -0.351 e. The van der Waals surface area contributed by atoms with Crippen LogP contribution in [0.25, 0.3) is 0 Å². The van der Waals surface area contributed by atoms with E-state index in [2.05, 4.69) is 50.4 Å². The van der Waals surface area contributed by atoms with Gasteiger partial charge in [-0.25, -0.2) is 0 Å². The molecule has 4 atom stereocenters. The molecule has 2 aliphatic rings. The topological polar surface area (TPSA) is 49.4 Å². The van der Waals surface area contributed by atoms with E-state index in [4.69, 9.17) is 0 Å². The molecule has 2 aromatic carbocycles. The Balaban J connectivity index is 1.54. The Morgan fingerprint density at radius 3 is 2.57 bits per heavy atom. The highest BCUT2D eigenvalue weighted by Crippen LogP contribution is 2.35. The van der Waals surface area contributed by atoms with Crippen LogP contribution in [0.4, 0.5) is 0 Å². The number of amides is 2. The summed E-state index contributed by atoms with van der Waals surface area (Å²) in [5.74, 6) is 0.987. The zero-order chi connectivity index (χ0) is 21.3. The molecule has 0 bridgehead atoms. The maximum absolute atomic E-state index is 13.4. The predicted octanol–water partition coefficient (Wildman–Crippen LogP) is 4.68. The summed E-state index contributed by atoms with van der Waals surface area (Å²) in [6.07, 6.45) is 4.12. The highest BCUT2D eigenvalue weighted by molar-refractivity contribution is 6.04. The molecule has 30 heavy (non-hydrogen) atoms. The maximum atomic E-state index is 13.4. The number of rotatable bonds is 5. The summed E-state index contributed by atoms with van der Waals surface area (Å²) in [7, 11) is 0. The van der Waals surface area contributed by atoms with Crippen LogP contribution in [-0.2, 0) is 11.2 Å². The Hall–Kier alpha value is -2.62. The van der Waals surface area contributed by atoms with Gasteiger partial charge in [0, 0.05) is 18.2 Å². The molecule has 0 unspecified atom stereocenters. The van der Waals surface area contributed by atoms with Crippen molar-refractivity contribution in [1.29, 1.82) is 0 Å². The fraction of sp³-hybridized carbons (Fsp3) is 0.462. The number of fused-ring (bicyclic) bond motifs is 1. The van der Waals surface area contributed by atoms with Crippen molar-refractivity contribution in [2.24, 2.45) is 11.8 Å². The third-order valence-corrected chi connectivity index (χ3v) is 7.10. The second-order valence-corrected chi connectivity index (χ2v) is 9.11. The van der Waals surface area contributed by atoms with Gasteiger partial charge in [-0.05, 0) is 48.8 Å². The quantitative estimate of drug-likeness (QED) is 0.787. The Morgan fingerprint density at radius 1 is 1.07 bits per heavy atom. The van der Waals surface area contributed by atoms with Gasteiger partial charge < -0.3 is 10.2 Å². The molecule has 4 heteroatoms.